The van der Waals surface area contributed by atoms with Crippen LogP contribution in [0.3, 0.4) is 0 Å². The zero-order valence-corrected chi connectivity index (χ0v) is 15.8. The number of amides is 1. The summed E-state index contributed by atoms with van der Waals surface area (Å²) in [7, 11) is -1.52. The lowest BCUT2D eigenvalue weighted by Gasteiger charge is -2.18. The van der Waals surface area contributed by atoms with E-state index in [1.807, 2.05) is 24.3 Å². The zero-order chi connectivity index (χ0) is 18.3. The Balaban J connectivity index is 1.58. The standard InChI is InChI=1S/C18H17N3O3S2/c1-20(18-19-15-5-2-3-6-16(15)25-18)17(22)13-7-9-14(10-8-13)21-11-4-12-26(21,23)24/h2-3,5-10H,4,11-12H2,1H3. The van der Waals surface area contributed by atoms with Gasteiger partial charge in [-0.1, -0.05) is 23.5 Å². The van der Waals surface area contributed by atoms with E-state index in [0.717, 1.165) is 10.2 Å². The highest BCUT2D eigenvalue weighted by molar-refractivity contribution is 7.93. The molecule has 0 N–H and O–H groups in total. The number of para-hydroxylation sites is 1. The molecule has 0 unspecified atom stereocenters. The zero-order valence-electron chi connectivity index (χ0n) is 14.1. The average Bonchev–Trinajstić information content (AvgIpc) is 3.23. The number of sulfonamides is 1. The second-order valence-electron chi connectivity index (χ2n) is 6.12. The van der Waals surface area contributed by atoms with Gasteiger partial charge < -0.3 is 0 Å². The molecule has 0 aliphatic carbocycles. The average molecular weight is 387 g/mol. The van der Waals surface area contributed by atoms with E-state index in [9.17, 15) is 13.2 Å². The number of anilines is 2. The Kier molecular flexibility index (Phi) is 4.16. The van der Waals surface area contributed by atoms with Crippen molar-refractivity contribution in [2.75, 3.05) is 28.6 Å². The summed E-state index contributed by atoms with van der Waals surface area (Å²) in [5.41, 5.74) is 1.95. The number of hydrogen-bond acceptors (Lipinski definition) is 5. The van der Waals surface area contributed by atoms with E-state index in [4.69, 9.17) is 0 Å². The minimum atomic E-state index is -3.22. The topological polar surface area (TPSA) is 70.6 Å². The maximum atomic E-state index is 12.7. The minimum absolute atomic E-state index is 0.175. The van der Waals surface area contributed by atoms with Crippen LogP contribution in [-0.2, 0) is 10.0 Å². The van der Waals surface area contributed by atoms with Crippen molar-refractivity contribution in [1.29, 1.82) is 0 Å². The molecule has 1 amide bonds. The SMILES string of the molecule is CN(C(=O)c1ccc(N2CCCS2(=O)=O)cc1)c1nc2ccccc2s1. The quantitative estimate of drug-likeness (QED) is 0.692. The Morgan fingerprint density at radius 3 is 2.54 bits per heavy atom. The lowest BCUT2D eigenvalue weighted by Crippen LogP contribution is -2.27. The summed E-state index contributed by atoms with van der Waals surface area (Å²) in [6.45, 7) is 0.487. The minimum Gasteiger partial charge on any atom is -0.287 e. The summed E-state index contributed by atoms with van der Waals surface area (Å²) in [5.74, 6) is -0.00603. The summed E-state index contributed by atoms with van der Waals surface area (Å²) in [5, 5.41) is 0.627. The van der Waals surface area contributed by atoms with Crippen molar-refractivity contribution in [3.8, 4) is 0 Å². The number of thiazole rings is 1. The lowest BCUT2D eigenvalue weighted by atomic mass is 10.2. The molecule has 0 spiro atoms. The van der Waals surface area contributed by atoms with Gasteiger partial charge in [-0.2, -0.15) is 0 Å². The number of fused-ring (bicyclic) bond motifs is 1. The van der Waals surface area contributed by atoms with Crippen LogP contribution in [0.25, 0.3) is 10.2 Å². The Hall–Kier alpha value is -2.45. The molecule has 8 heteroatoms. The van der Waals surface area contributed by atoms with Crippen LogP contribution < -0.4 is 9.21 Å². The number of nitrogens with zero attached hydrogens (tertiary/aromatic N) is 3. The number of rotatable bonds is 3. The molecule has 4 rings (SSSR count). The summed E-state index contributed by atoms with van der Waals surface area (Å²) >= 11 is 1.46. The maximum Gasteiger partial charge on any atom is 0.259 e. The molecule has 0 saturated carbocycles. The molecule has 26 heavy (non-hydrogen) atoms. The number of benzene rings is 2. The largest absolute Gasteiger partial charge is 0.287 e. The third kappa shape index (κ3) is 2.95. The number of carbonyl (C=O) groups excluding carboxylic acids is 1. The van der Waals surface area contributed by atoms with Gasteiger partial charge in [-0.15, -0.1) is 0 Å². The predicted molar refractivity (Wildman–Crippen MR) is 105 cm³/mol. The van der Waals surface area contributed by atoms with E-state index in [0.29, 0.717) is 29.3 Å². The van der Waals surface area contributed by atoms with Crippen LogP contribution in [0.2, 0.25) is 0 Å². The number of hydrogen-bond donors (Lipinski definition) is 0. The molecule has 6 nitrogen and oxygen atoms in total. The van der Waals surface area contributed by atoms with Crippen LogP contribution in [0.1, 0.15) is 16.8 Å². The Labute approximate surface area is 155 Å². The van der Waals surface area contributed by atoms with Gasteiger partial charge in [0.25, 0.3) is 5.91 Å². The molecule has 1 aliphatic heterocycles. The van der Waals surface area contributed by atoms with E-state index < -0.39 is 10.0 Å². The first-order valence-corrected chi connectivity index (χ1v) is 10.6. The summed E-state index contributed by atoms with van der Waals surface area (Å²) in [6.07, 6.45) is 0.628. The van der Waals surface area contributed by atoms with Gasteiger partial charge in [0.2, 0.25) is 10.0 Å². The molecule has 2 aromatic carbocycles. The summed E-state index contributed by atoms with van der Waals surface area (Å²) < 4.78 is 26.4. The predicted octanol–water partition coefficient (Wildman–Crippen LogP) is 3.11. The molecule has 0 atom stereocenters. The summed E-state index contributed by atoms with van der Waals surface area (Å²) in [6, 6.07) is 14.4. The highest BCUT2D eigenvalue weighted by atomic mass is 32.2. The summed E-state index contributed by atoms with van der Waals surface area (Å²) in [4.78, 5) is 18.8. The van der Waals surface area contributed by atoms with E-state index in [1.165, 1.54) is 20.5 Å². The first kappa shape index (κ1) is 17.0. The molecule has 1 aliphatic rings. The van der Waals surface area contributed by atoms with Gasteiger partial charge in [0.05, 0.1) is 21.7 Å². The fourth-order valence-electron chi connectivity index (χ4n) is 2.98. The van der Waals surface area contributed by atoms with E-state index in [2.05, 4.69) is 4.98 Å². The number of aromatic nitrogens is 1. The Bertz CT molecular complexity index is 1040. The third-order valence-corrected chi connectivity index (χ3v) is 7.36. The molecular formula is C18H17N3O3S2. The fraction of sp³-hybridized carbons (Fsp3) is 0.222. The van der Waals surface area contributed by atoms with Crippen LogP contribution in [0, 0.1) is 0 Å². The molecule has 1 fully saturated rings. The Morgan fingerprint density at radius 2 is 1.88 bits per heavy atom. The van der Waals surface area contributed by atoms with E-state index >= 15 is 0 Å². The molecule has 134 valence electrons. The van der Waals surface area contributed by atoms with Crippen LogP contribution in [0.4, 0.5) is 10.8 Å². The van der Waals surface area contributed by atoms with Crippen molar-refractivity contribution in [2.45, 2.75) is 6.42 Å². The van der Waals surface area contributed by atoms with E-state index in [1.54, 1.807) is 31.3 Å². The van der Waals surface area contributed by atoms with Crippen molar-refractivity contribution in [2.24, 2.45) is 0 Å². The molecule has 1 saturated heterocycles. The first-order chi connectivity index (χ1) is 12.5. The molecule has 2 heterocycles. The molecule has 1 aromatic heterocycles. The fourth-order valence-corrected chi connectivity index (χ4v) is 5.47. The lowest BCUT2D eigenvalue weighted by molar-refractivity contribution is 0.0993. The monoisotopic (exact) mass is 387 g/mol. The molecule has 3 aromatic rings. The van der Waals surface area contributed by atoms with Crippen LogP contribution >= 0.6 is 11.3 Å². The second-order valence-corrected chi connectivity index (χ2v) is 9.14. The molecule has 0 bridgehead atoms. The van der Waals surface area contributed by atoms with Crippen LogP contribution in [0.15, 0.2) is 48.5 Å². The second kappa shape index (κ2) is 6.37. The van der Waals surface area contributed by atoms with Gasteiger partial charge in [0, 0.05) is 19.2 Å². The highest BCUT2D eigenvalue weighted by Gasteiger charge is 2.28. The van der Waals surface area contributed by atoms with Crippen molar-refractivity contribution >= 4 is 48.3 Å². The van der Waals surface area contributed by atoms with Crippen molar-refractivity contribution in [3.63, 3.8) is 0 Å². The van der Waals surface area contributed by atoms with Crippen molar-refractivity contribution in [3.05, 3.63) is 54.1 Å². The smallest absolute Gasteiger partial charge is 0.259 e. The van der Waals surface area contributed by atoms with Gasteiger partial charge in [0.1, 0.15) is 0 Å². The first-order valence-electron chi connectivity index (χ1n) is 8.20. The van der Waals surface area contributed by atoms with Gasteiger partial charge >= 0.3 is 0 Å². The Morgan fingerprint density at radius 1 is 1.15 bits per heavy atom. The molecule has 0 radical (unpaired) electrons. The van der Waals surface area contributed by atoms with Crippen LogP contribution in [-0.4, -0.2) is 38.7 Å². The van der Waals surface area contributed by atoms with Gasteiger partial charge in [-0.25, -0.2) is 13.4 Å². The third-order valence-electron chi connectivity index (χ3n) is 4.38. The molecular weight excluding hydrogens is 370 g/mol. The highest BCUT2D eigenvalue weighted by Crippen LogP contribution is 2.29. The number of carbonyl (C=O) groups is 1. The van der Waals surface area contributed by atoms with Gasteiger partial charge in [-0.05, 0) is 42.8 Å². The normalized spacial score (nSPS) is 16.1. The maximum absolute atomic E-state index is 12.7. The van der Waals surface area contributed by atoms with Crippen molar-refractivity contribution in [1.82, 2.24) is 4.98 Å². The van der Waals surface area contributed by atoms with E-state index in [-0.39, 0.29) is 11.7 Å². The van der Waals surface area contributed by atoms with Crippen LogP contribution in [0.5, 0.6) is 0 Å². The van der Waals surface area contributed by atoms with Gasteiger partial charge in [-0.3, -0.25) is 14.0 Å². The van der Waals surface area contributed by atoms with Gasteiger partial charge in [0.15, 0.2) is 5.13 Å². The van der Waals surface area contributed by atoms with Crippen molar-refractivity contribution < 1.29 is 13.2 Å².